The Morgan fingerprint density at radius 1 is 1.21 bits per heavy atom. The first kappa shape index (κ1) is 13.2. The zero-order valence-corrected chi connectivity index (χ0v) is 11.0. The topological polar surface area (TPSA) is 75.3 Å². The maximum Gasteiger partial charge on any atom is 0.409 e. The molecule has 0 radical (unpaired) electrons. The molecule has 2 aromatic carbocycles. The molecule has 0 aliphatic rings. The van der Waals surface area contributed by atoms with Crippen molar-refractivity contribution in [2.45, 2.75) is 6.92 Å². The standard InChI is InChI=1S/C14H13ClN2O2/c1-8-9(4-3-7-12(8)17-14(18)19)10-5-2-6-11(16)13(10)15/h2-7,17H,16H2,1H3,(H,18,19). The van der Waals surface area contributed by atoms with Crippen LogP contribution in [0, 0.1) is 6.92 Å². The Hall–Kier alpha value is -2.20. The van der Waals surface area contributed by atoms with Crippen LogP contribution < -0.4 is 11.1 Å². The van der Waals surface area contributed by atoms with E-state index in [0.29, 0.717) is 16.4 Å². The third-order valence-corrected chi connectivity index (χ3v) is 3.32. The molecule has 0 aliphatic heterocycles. The zero-order chi connectivity index (χ0) is 14.0. The van der Waals surface area contributed by atoms with Gasteiger partial charge in [0.2, 0.25) is 0 Å². The van der Waals surface area contributed by atoms with Crippen LogP contribution in [0.5, 0.6) is 0 Å². The number of carboxylic acid groups (broad SMARTS) is 1. The Bertz CT molecular complexity index is 641. The number of anilines is 2. The van der Waals surface area contributed by atoms with Crippen molar-refractivity contribution in [3.63, 3.8) is 0 Å². The van der Waals surface area contributed by atoms with Crippen molar-refractivity contribution in [2.75, 3.05) is 11.1 Å². The molecule has 0 saturated heterocycles. The molecule has 2 rings (SSSR count). The number of halogens is 1. The second kappa shape index (κ2) is 5.20. The largest absolute Gasteiger partial charge is 0.465 e. The van der Waals surface area contributed by atoms with Crippen molar-refractivity contribution in [1.29, 1.82) is 0 Å². The van der Waals surface area contributed by atoms with Gasteiger partial charge in [0.05, 0.1) is 10.7 Å². The minimum Gasteiger partial charge on any atom is -0.465 e. The predicted octanol–water partition coefficient (Wildman–Crippen LogP) is 3.99. The van der Waals surface area contributed by atoms with E-state index in [2.05, 4.69) is 5.32 Å². The lowest BCUT2D eigenvalue weighted by molar-refractivity contribution is 0.209. The first-order valence-corrected chi connectivity index (χ1v) is 6.02. The second-order valence-corrected chi connectivity index (χ2v) is 4.50. The molecule has 0 aliphatic carbocycles. The van der Waals surface area contributed by atoms with Crippen LogP contribution in [0.2, 0.25) is 5.02 Å². The molecule has 0 unspecified atom stereocenters. The van der Waals surface area contributed by atoms with Gasteiger partial charge in [-0.05, 0) is 30.2 Å². The summed E-state index contributed by atoms with van der Waals surface area (Å²) in [5, 5.41) is 11.6. The molecule has 0 saturated carbocycles. The zero-order valence-electron chi connectivity index (χ0n) is 10.3. The Labute approximate surface area is 115 Å². The number of nitrogens with one attached hydrogen (secondary N) is 1. The minimum atomic E-state index is -1.10. The van der Waals surface area contributed by atoms with Crippen molar-refractivity contribution in [2.24, 2.45) is 0 Å². The van der Waals surface area contributed by atoms with Gasteiger partial charge >= 0.3 is 6.09 Å². The molecule has 4 nitrogen and oxygen atoms in total. The van der Waals surface area contributed by atoms with Crippen LogP contribution in [0.15, 0.2) is 36.4 Å². The summed E-state index contributed by atoms with van der Waals surface area (Å²) in [6, 6.07) is 10.7. The number of hydrogen-bond donors (Lipinski definition) is 3. The van der Waals surface area contributed by atoms with Gasteiger partial charge in [-0.2, -0.15) is 0 Å². The second-order valence-electron chi connectivity index (χ2n) is 4.12. The van der Waals surface area contributed by atoms with E-state index in [1.165, 1.54) is 0 Å². The van der Waals surface area contributed by atoms with Gasteiger partial charge in [0.25, 0.3) is 0 Å². The van der Waals surface area contributed by atoms with Gasteiger partial charge in [-0.25, -0.2) is 4.79 Å². The van der Waals surface area contributed by atoms with E-state index in [9.17, 15) is 4.79 Å². The maximum atomic E-state index is 10.7. The summed E-state index contributed by atoms with van der Waals surface area (Å²) in [5.74, 6) is 0. The molecule has 0 atom stereocenters. The Morgan fingerprint density at radius 2 is 1.84 bits per heavy atom. The normalized spacial score (nSPS) is 10.2. The van der Waals surface area contributed by atoms with E-state index in [1.807, 2.05) is 25.1 Å². The maximum absolute atomic E-state index is 10.7. The highest BCUT2D eigenvalue weighted by Crippen LogP contribution is 2.36. The van der Waals surface area contributed by atoms with Crippen molar-refractivity contribution >= 4 is 29.1 Å². The summed E-state index contributed by atoms with van der Waals surface area (Å²) in [4.78, 5) is 10.7. The van der Waals surface area contributed by atoms with Crippen molar-refractivity contribution in [3.05, 3.63) is 47.0 Å². The van der Waals surface area contributed by atoms with Crippen LogP contribution in [0.1, 0.15) is 5.56 Å². The molecule has 2 aromatic rings. The molecular weight excluding hydrogens is 264 g/mol. The van der Waals surface area contributed by atoms with Crippen molar-refractivity contribution < 1.29 is 9.90 Å². The van der Waals surface area contributed by atoms with E-state index in [4.69, 9.17) is 22.4 Å². The number of nitrogens with two attached hydrogens (primary N) is 1. The fourth-order valence-corrected chi connectivity index (χ4v) is 2.16. The van der Waals surface area contributed by atoms with E-state index in [0.717, 1.165) is 16.7 Å². The van der Waals surface area contributed by atoms with Gasteiger partial charge in [0.15, 0.2) is 0 Å². The molecule has 1 amide bonds. The SMILES string of the molecule is Cc1c(NC(=O)O)cccc1-c1cccc(N)c1Cl. The number of nitrogen functional groups attached to an aromatic ring is 1. The quantitative estimate of drug-likeness (QED) is 0.726. The van der Waals surface area contributed by atoms with E-state index in [-0.39, 0.29) is 0 Å². The number of rotatable bonds is 2. The average molecular weight is 277 g/mol. The van der Waals surface area contributed by atoms with E-state index < -0.39 is 6.09 Å². The summed E-state index contributed by atoms with van der Waals surface area (Å²) >= 11 is 6.20. The van der Waals surface area contributed by atoms with Gasteiger partial charge in [-0.15, -0.1) is 0 Å². The molecule has 0 heterocycles. The number of hydrogen-bond acceptors (Lipinski definition) is 2. The molecular formula is C14H13ClN2O2. The van der Waals surface area contributed by atoms with Crippen molar-refractivity contribution in [3.8, 4) is 11.1 Å². The third kappa shape index (κ3) is 2.63. The molecule has 0 fully saturated rings. The van der Waals surface area contributed by atoms with Crippen molar-refractivity contribution in [1.82, 2.24) is 0 Å². The molecule has 19 heavy (non-hydrogen) atoms. The Kier molecular flexibility index (Phi) is 3.62. The van der Waals surface area contributed by atoms with Gasteiger partial charge in [-0.1, -0.05) is 35.9 Å². The van der Waals surface area contributed by atoms with Crippen LogP contribution in [0.25, 0.3) is 11.1 Å². The van der Waals surface area contributed by atoms with Gasteiger partial charge < -0.3 is 10.8 Å². The fraction of sp³-hybridized carbons (Fsp3) is 0.0714. The summed E-state index contributed by atoms with van der Waals surface area (Å²) in [7, 11) is 0. The predicted molar refractivity (Wildman–Crippen MR) is 77.7 cm³/mol. The summed E-state index contributed by atoms with van der Waals surface area (Å²) in [6.07, 6.45) is -1.10. The lowest BCUT2D eigenvalue weighted by Crippen LogP contribution is -2.08. The van der Waals surface area contributed by atoms with Crippen LogP contribution in [0.3, 0.4) is 0 Å². The van der Waals surface area contributed by atoms with Gasteiger partial charge in [0.1, 0.15) is 0 Å². The third-order valence-electron chi connectivity index (χ3n) is 2.89. The first-order valence-electron chi connectivity index (χ1n) is 5.64. The highest BCUT2D eigenvalue weighted by molar-refractivity contribution is 6.35. The Morgan fingerprint density at radius 3 is 2.53 bits per heavy atom. The Balaban J connectivity index is 2.57. The van der Waals surface area contributed by atoms with Crippen LogP contribution in [-0.2, 0) is 0 Å². The highest BCUT2D eigenvalue weighted by Gasteiger charge is 2.11. The minimum absolute atomic E-state index is 0.470. The fourth-order valence-electron chi connectivity index (χ4n) is 1.94. The lowest BCUT2D eigenvalue weighted by Gasteiger charge is -2.13. The first-order chi connectivity index (χ1) is 9.00. The number of amides is 1. The lowest BCUT2D eigenvalue weighted by atomic mass is 9.98. The van der Waals surface area contributed by atoms with Gasteiger partial charge in [0, 0.05) is 11.3 Å². The van der Waals surface area contributed by atoms with E-state index in [1.54, 1.807) is 18.2 Å². The molecule has 0 bridgehead atoms. The average Bonchev–Trinajstić information content (AvgIpc) is 2.35. The van der Waals surface area contributed by atoms with E-state index >= 15 is 0 Å². The molecule has 5 heteroatoms. The van der Waals surface area contributed by atoms with Gasteiger partial charge in [-0.3, -0.25) is 5.32 Å². The monoisotopic (exact) mass is 276 g/mol. The molecule has 98 valence electrons. The van der Waals surface area contributed by atoms with Crippen LogP contribution in [0.4, 0.5) is 16.2 Å². The summed E-state index contributed by atoms with van der Waals surface area (Å²) < 4.78 is 0. The summed E-state index contributed by atoms with van der Waals surface area (Å²) in [6.45, 7) is 1.83. The molecule has 0 spiro atoms. The highest BCUT2D eigenvalue weighted by atomic mass is 35.5. The number of carbonyl (C=O) groups is 1. The molecule has 0 aromatic heterocycles. The number of benzene rings is 2. The van der Waals surface area contributed by atoms with Crippen LogP contribution >= 0.6 is 11.6 Å². The van der Waals surface area contributed by atoms with Crippen LogP contribution in [-0.4, -0.2) is 11.2 Å². The smallest absolute Gasteiger partial charge is 0.409 e. The molecule has 4 N–H and O–H groups in total. The summed E-state index contributed by atoms with van der Waals surface area (Å²) in [5.41, 5.74) is 9.25.